The van der Waals surface area contributed by atoms with E-state index in [9.17, 15) is 9.59 Å². The molecule has 25 heavy (non-hydrogen) atoms. The van der Waals surface area contributed by atoms with Crippen LogP contribution in [0, 0.1) is 0 Å². The van der Waals surface area contributed by atoms with Crippen LogP contribution in [-0.2, 0) is 4.79 Å². The minimum Gasteiger partial charge on any atom is -0.491 e. The molecule has 0 saturated carbocycles. The first-order valence-electron chi connectivity index (χ1n) is 8.06. The second kappa shape index (κ2) is 7.53. The third-order valence-electron chi connectivity index (χ3n) is 3.94. The Bertz CT molecular complexity index is 797. The Labute approximate surface area is 150 Å². The van der Waals surface area contributed by atoms with Crippen molar-refractivity contribution in [3.63, 3.8) is 0 Å². The number of benzene rings is 1. The number of carbonyl (C=O) groups is 2. The molecule has 1 atom stereocenters. The van der Waals surface area contributed by atoms with Crippen LogP contribution in [0.1, 0.15) is 23.8 Å². The van der Waals surface area contributed by atoms with Crippen molar-refractivity contribution in [1.82, 2.24) is 10.3 Å². The van der Waals surface area contributed by atoms with Crippen molar-refractivity contribution in [3.8, 4) is 5.75 Å². The molecule has 1 aromatic heterocycles. The number of rotatable bonds is 5. The van der Waals surface area contributed by atoms with Gasteiger partial charge in [0.05, 0.1) is 17.3 Å². The summed E-state index contributed by atoms with van der Waals surface area (Å²) in [6, 6.07) is 9.92. The van der Waals surface area contributed by atoms with E-state index in [1.807, 2.05) is 19.1 Å². The van der Waals surface area contributed by atoms with Gasteiger partial charge in [-0.05, 0) is 37.6 Å². The van der Waals surface area contributed by atoms with Gasteiger partial charge >= 0.3 is 0 Å². The molecule has 3 rings (SSSR count). The fourth-order valence-electron chi connectivity index (χ4n) is 2.78. The van der Waals surface area contributed by atoms with Gasteiger partial charge in [-0.25, -0.2) is 4.98 Å². The maximum absolute atomic E-state index is 12.6. The monoisotopic (exact) mass is 359 g/mol. The van der Waals surface area contributed by atoms with Gasteiger partial charge in [-0.15, -0.1) is 0 Å². The molecule has 1 aliphatic heterocycles. The number of hydrogen-bond donors (Lipinski definition) is 1. The number of ether oxygens (including phenoxy) is 1. The lowest BCUT2D eigenvalue weighted by Gasteiger charge is -2.18. The van der Waals surface area contributed by atoms with Crippen LogP contribution in [0.4, 0.5) is 5.69 Å². The van der Waals surface area contributed by atoms with Gasteiger partial charge in [0.2, 0.25) is 5.91 Å². The van der Waals surface area contributed by atoms with Gasteiger partial charge in [0.15, 0.2) is 11.4 Å². The summed E-state index contributed by atoms with van der Waals surface area (Å²) in [5, 5.41) is 3.25. The molecule has 0 bridgehead atoms. The lowest BCUT2D eigenvalue weighted by Crippen LogP contribution is -2.42. The van der Waals surface area contributed by atoms with E-state index in [2.05, 4.69) is 10.3 Å². The minimum absolute atomic E-state index is 0.174. The van der Waals surface area contributed by atoms with Crippen LogP contribution in [0.15, 0.2) is 42.6 Å². The van der Waals surface area contributed by atoms with Gasteiger partial charge < -0.3 is 15.0 Å². The van der Waals surface area contributed by atoms with E-state index < -0.39 is 11.9 Å². The van der Waals surface area contributed by atoms with E-state index in [0.29, 0.717) is 36.0 Å². The third-order valence-corrected chi connectivity index (χ3v) is 4.26. The van der Waals surface area contributed by atoms with Gasteiger partial charge in [-0.2, -0.15) is 0 Å². The molecule has 6 nitrogen and oxygen atoms in total. The molecule has 0 radical (unpaired) electrons. The van der Waals surface area contributed by atoms with Gasteiger partial charge in [0, 0.05) is 12.7 Å². The van der Waals surface area contributed by atoms with Crippen molar-refractivity contribution in [2.75, 3.05) is 18.1 Å². The summed E-state index contributed by atoms with van der Waals surface area (Å²) in [5.74, 6) is -0.213. The second-order valence-corrected chi connectivity index (χ2v) is 5.95. The summed E-state index contributed by atoms with van der Waals surface area (Å²) in [4.78, 5) is 30.8. The number of nitrogens with one attached hydrogen (secondary N) is 1. The summed E-state index contributed by atoms with van der Waals surface area (Å²) < 4.78 is 5.42. The summed E-state index contributed by atoms with van der Waals surface area (Å²) in [6.45, 7) is 2.75. The Balaban J connectivity index is 1.73. The highest BCUT2D eigenvalue weighted by molar-refractivity contribution is 6.34. The number of hydrogen-bond acceptors (Lipinski definition) is 4. The van der Waals surface area contributed by atoms with Gasteiger partial charge in [0.25, 0.3) is 5.91 Å². The summed E-state index contributed by atoms with van der Waals surface area (Å²) in [7, 11) is 0. The van der Waals surface area contributed by atoms with E-state index in [-0.39, 0.29) is 11.6 Å². The quantitative estimate of drug-likeness (QED) is 0.890. The molecule has 1 aromatic carbocycles. The van der Waals surface area contributed by atoms with Crippen molar-refractivity contribution >= 4 is 29.1 Å². The molecule has 1 aliphatic rings. The Hall–Kier alpha value is -2.60. The van der Waals surface area contributed by atoms with Gasteiger partial charge in [0.1, 0.15) is 6.04 Å². The van der Waals surface area contributed by atoms with Crippen LogP contribution in [0.5, 0.6) is 5.75 Å². The van der Waals surface area contributed by atoms with E-state index in [0.717, 1.165) is 0 Å². The number of pyridine rings is 1. The maximum atomic E-state index is 12.6. The molecule has 2 heterocycles. The predicted octanol–water partition coefficient (Wildman–Crippen LogP) is 2.67. The van der Waals surface area contributed by atoms with Crippen molar-refractivity contribution in [2.24, 2.45) is 0 Å². The third kappa shape index (κ3) is 3.58. The van der Waals surface area contributed by atoms with Crippen LogP contribution < -0.4 is 15.0 Å². The van der Waals surface area contributed by atoms with E-state index in [1.54, 1.807) is 29.2 Å². The van der Waals surface area contributed by atoms with E-state index >= 15 is 0 Å². The highest BCUT2D eigenvalue weighted by Crippen LogP contribution is 2.29. The van der Waals surface area contributed by atoms with Crippen molar-refractivity contribution < 1.29 is 14.3 Å². The fourth-order valence-corrected chi connectivity index (χ4v) is 3.02. The molecule has 1 saturated heterocycles. The highest BCUT2D eigenvalue weighted by atomic mass is 35.5. The molecule has 1 N–H and O–H groups in total. The van der Waals surface area contributed by atoms with Crippen LogP contribution >= 0.6 is 11.6 Å². The van der Waals surface area contributed by atoms with Gasteiger partial charge in [-0.3, -0.25) is 9.59 Å². The number of amides is 2. The lowest BCUT2D eigenvalue weighted by atomic mass is 10.2. The van der Waals surface area contributed by atoms with E-state index in [1.165, 1.54) is 6.20 Å². The van der Waals surface area contributed by atoms with Crippen molar-refractivity contribution in [3.05, 3.63) is 53.3 Å². The zero-order chi connectivity index (χ0) is 17.8. The molecule has 0 spiro atoms. The first-order valence-corrected chi connectivity index (χ1v) is 8.44. The largest absolute Gasteiger partial charge is 0.491 e. The van der Waals surface area contributed by atoms with E-state index in [4.69, 9.17) is 16.3 Å². The normalized spacial score (nSPS) is 16.8. The molecule has 2 aromatic rings. The zero-order valence-electron chi connectivity index (χ0n) is 13.7. The van der Waals surface area contributed by atoms with Crippen LogP contribution in [0.25, 0.3) is 0 Å². The number of halogens is 1. The summed E-state index contributed by atoms with van der Waals surface area (Å²) >= 11 is 6.17. The van der Waals surface area contributed by atoms with Crippen molar-refractivity contribution in [1.29, 1.82) is 0 Å². The lowest BCUT2D eigenvalue weighted by molar-refractivity contribution is -0.118. The molecule has 7 heteroatoms. The molecule has 0 aliphatic carbocycles. The minimum atomic E-state index is -0.611. The Morgan fingerprint density at radius 3 is 2.92 bits per heavy atom. The second-order valence-electron chi connectivity index (χ2n) is 5.54. The fraction of sp³-hybridized carbons (Fsp3) is 0.278. The topological polar surface area (TPSA) is 71.5 Å². The zero-order valence-corrected chi connectivity index (χ0v) is 14.5. The van der Waals surface area contributed by atoms with Crippen LogP contribution in [-0.4, -0.2) is 36.0 Å². The molecular weight excluding hydrogens is 342 g/mol. The molecule has 2 amide bonds. The van der Waals surface area contributed by atoms with Crippen LogP contribution in [0.2, 0.25) is 5.02 Å². The molecule has 1 fully saturated rings. The number of para-hydroxylation sites is 1. The smallest absolute Gasteiger partial charge is 0.274 e. The summed E-state index contributed by atoms with van der Waals surface area (Å²) in [5.41, 5.74) is 0.826. The number of carbonyl (C=O) groups excluding carboxylic acids is 2. The molecular formula is C18H18ClN3O3. The highest BCUT2D eigenvalue weighted by Gasteiger charge is 2.35. The number of nitrogens with zero attached hydrogens (tertiary/aromatic N) is 2. The van der Waals surface area contributed by atoms with Crippen LogP contribution in [0.3, 0.4) is 0 Å². The SMILES string of the molecule is CCOc1cccnc1C(=O)NC1CCN(c2ccccc2Cl)C1=O. The first kappa shape index (κ1) is 17.2. The Morgan fingerprint density at radius 2 is 2.16 bits per heavy atom. The predicted molar refractivity (Wildman–Crippen MR) is 95.1 cm³/mol. The molecule has 1 unspecified atom stereocenters. The number of anilines is 1. The number of aromatic nitrogens is 1. The standard InChI is InChI=1S/C18H18ClN3O3/c1-2-25-15-8-5-10-20-16(15)17(23)21-13-9-11-22(18(13)24)14-7-4-3-6-12(14)19/h3-8,10,13H,2,9,11H2,1H3,(H,21,23). The van der Waals surface area contributed by atoms with Crippen molar-refractivity contribution in [2.45, 2.75) is 19.4 Å². The Kier molecular flexibility index (Phi) is 5.19. The Morgan fingerprint density at radius 1 is 1.36 bits per heavy atom. The average Bonchev–Trinajstić information content (AvgIpc) is 2.97. The average molecular weight is 360 g/mol. The molecule has 130 valence electrons. The maximum Gasteiger partial charge on any atom is 0.274 e. The first-order chi connectivity index (χ1) is 12.1. The van der Waals surface area contributed by atoms with Gasteiger partial charge in [-0.1, -0.05) is 23.7 Å². The summed E-state index contributed by atoms with van der Waals surface area (Å²) in [6.07, 6.45) is 2.02.